The van der Waals surface area contributed by atoms with Crippen LogP contribution in [0.4, 0.5) is 0 Å². The van der Waals surface area contributed by atoms with Gasteiger partial charge in [-0.05, 0) is 63.0 Å². The third-order valence-corrected chi connectivity index (χ3v) is 12.0. The van der Waals surface area contributed by atoms with Gasteiger partial charge in [0, 0.05) is 43.3 Å². The van der Waals surface area contributed by atoms with Crippen molar-refractivity contribution in [3.05, 3.63) is 182 Å². The average Bonchev–Trinajstić information content (AvgIpc) is 3.75. The number of nitrogens with zero attached hydrogens (tertiary/aromatic N) is 4. The number of hydrogen-bond acceptors (Lipinski definition) is 2. The fraction of sp³-hybridized carbons (Fsp3) is 0. The van der Waals surface area contributed by atoms with Gasteiger partial charge < -0.3 is 4.40 Å². The van der Waals surface area contributed by atoms with Crippen molar-refractivity contribution in [1.82, 2.24) is 18.9 Å². The van der Waals surface area contributed by atoms with Crippen molar-refractivity contribution in [1.29, 1.82) is 0 Å². The third kappa shape index (κ3) is 3.87. The second kappa shape index (κ2) is 11.0. The molecule has 258 valence electrons. The normalized spacial score (nSPS) is 12.3. The first-order valence-corrected chi connectivity index (χ1v) is 19.2. The van der Waals surface area contributed by atoms with Gasteiger partial charge in [-0.15, -0.1) is 0 Å². The zero-order chi connectivity index (χ0) is 36.5. The lowest BCUT2D eigenvalue weighted by atomic mass is 9.92. The first-order valence-electron chi connectivity index (χ1n) is 19.2. The number of rotatable bonds is 3. The van der Waals surface area contributed by atoms with E-state index >= 15 is 0 Å². The minimum atomic E-state index is 0.655. The molecular weight excluding hydrogens is 681 g/mol. The highest BCUT2D eigenvalue weighted by Crippen LogP contribution is 2.45. The summed E-state index contributed by atoms with van der Waals surface area (Å²) in [4.78, 5) is 11.2. The summed E-state index contributed by atoms with van der Waals surface area (Å²) >= 11 is 0. The van der Waals surface area contributed by atoms with E-state index in [1.807, 2.05) is 0 Å². The van der Waals surface area contributed by atoms with Crippen molar-refractivity contribution < 1.29 is 0 Å². The number of aromatic nitrogens is 4. The highest BCUT2D eigenvalue weighted by atomic mass is 15.2. The number of para-hydroxylation sites is 2. The maximum atomic E-state index is 5.67. The molecule has 13 aromatic rings. The second-order valence-corrected chi connectivity index (χ2v) is 14.9. The van der Waals surface area contributed by atoms with E-state index in [2.05, 4.69) is 191 Å². The van der Waals surface area contributed by atoms with Gasteiger partial charge in [-0.3, -0.25) is 4.57 Å². The highest BCUT2D eigenvalue weighted by Gasteiger charge is 2.24. The van der Waals surface area contributed by atoms with Gasteiger partial charge in [0.2, 0.25) is 5.95 Å². The molecule has 0 fully saturated rings. The van der Waals surface area contributed by atoms with Crippen molar-refractivity contribution >= 4 is 92.3 Å². The van der Waals surface area contributed by atoms with E-state index in [9.17, 15) is 0 Å². The Bertz CT molecular complexity index is 3750. The summed E-state index contributed by atoms with van der Waals surface area (Å²) in [7, 11) is 0. The van der Waals surface area contributed by atoms with Crippen LogP contribution in [0.3, 0.4) is 0 Å². The van der Waals surface area contributed by atoms with Gasteiger partial charge in [0.05, 0.1) is 38.8 Å². The van der Waals surface area contributed by atoms with Crippen molar-refractivity contribution in [2.75, 3.05) is 0 Å². The van der Waals surface area contributed by atoms with Crippen molar-refractivity contribution in [3.63, 3.8) is 0 Å². The van der Waals surface area contributed by atoms with Gasteiger partial charge in [0.15, 0.2) is 0 Å². The van der Waals surface area contributed by atoms with Crippen LogP contribution in [-0.2, 0) is 0 Å². The molecule has 4 heterocycles. The lowest BCUT2D eigenvalue weighted by Crippen LogP contribution is -2.04. The zero-order valence-electron chi connectivity index (χ0n) is 30.1. The predicted octanol–water partition coefficient (Wildman–Crippen LogP) is 13.5. The topological polar surface area (TPSA) is 35.1 Å². The monoisotopic (exact) mass is 710 g/mol. The fourth-order valence-electron chi connectivity index (χ4n) is 9.76. The fourth-order valence-corrected chi connectivity index (χ4v) is 9.76. The van der Waals surface area contributed by atoms with Crippen molar-refractivity contribution in [3.8, 4) is 28.3 Å². The van der Waals surface area contributed by atoms with Gasteiger partial charge in [0.1, 0.15) is 0 Å². The van der Waals surface area contributed by atoms with Crippen LogP contribution in [0.1, 0.15) is 0 Å². The smallest absolute Gasteiger partial charge is 0.235 e. The van der Waals surface area contributed by atoms with Crippen LogP contribution in [0.5, 0.6) is 0 Å². The number of fused-ring (bicyclic) bond motifs is 9. The molecule has 0 amide bonds. The van der Waals surface area contributed by atoms with Gasteiger partial charge >= 0.3 is 0 Å². The zero-order valence-corrected chi connectivity index (χ0v) is 30.1. The quantitative estimate of drug-likeness (QED) is 0.171. The molecule has 13 rings (SSSR count). The first-order chi connectivity index (χ1) is 27.8. The molecule has 4 nitrogen and oxygen atoms in total. The summed E-state index contributed by atoms with van der Waals surface area (Å²) in [6.45, 7) is 0. The Balaban J connectivity index is 1.22. The van der Waals surface area contributed by atoms with Crippen LogP contribution in [0.15, 0.2) is 182 Å². The van der Waals surface area contributed by atoms with E-state index in [4.69, 9.17) is 9.97 Å². The molecule has 9 aromatic carbocycles. The van der Waals surface area contributed by atoms with Gasteiger partial charge in [0.25, 0.3) is 0 Å². The molecule has 0 aliphatic heterocycles. The molecule has 0 atom stereocenters. The van der Waals surface area contributed by atoms with E-state index in [1.165, 1.54) is 65.2 Å². The molecule has 0 radical (unpaired) electrons. The highest BCUT2D eigenvalue weighted by molar-refractivity contribution is 6.31. The van der Waals surface area contributed by atoms with E-state index in [0.29, 0.717) is 5.95 Å². The molecule has 0 saturated heterocycles. The lowest BCUT2D eigenvalue weighted by Gasteiger charge is -2.16. The number of benzene rings is 9. The summed E-state index contributed by atoms with van der Waals surface area (Å²) < 4.78 is 4.78. The third-order valence-electron chi connectivity index (χ3n) is 12.0. The maximum absolute atomic E-state index is 5.67. The summed E-state index contributed by atoms with van der Waals surface area (Å²) in [5.74, 6) is 0.655. The largest absolute Gasteiger partial charge is 0.308 e. The van der Waals surface area contributed by atoms with Gasteiger partial charge in [-0.2, -0.15) is 0 Å². The Kier molecular flexibility index (Phi) is 5.86. The van der Waals surface area contributed by atoms with E-state index in [-0.39, 0.29) is 0 Å². The molecular formula is C52H30N4. The predicted molar refractivity (Wildman–Crippen MR) is 234 cm³/mol. The average molecular weight is 711 g/mol. The molecule has 0 N–H and O–H groups in total. The molecule has 0 aliphatic carbocycles. The molecule has 0 unspecified atom stereocenters. The van der Waals surface area contributed by atoms with Crippen LogP contribution >= 0.6 is 0 Å². The maximum Gasteiger partial charge on any atom is 0.235 e. The van der Waals surface area contributed by atoms with Gasteiger partial charge in [-0.1, -0.05) is 152 Å². The van der Waals surface area contributed by atoms with Crippen LogP contribution < -0.4 is 0 Å². The van der Waals surface area contributed by atoms with Crippen molar-refractivity contribution in [2.45, 2.75) is 0 Å². The van der Waals surface area contributed by atoms with E-state index in [1.54, 1.807) is 0 Å². The molecule has 0 spiro atoms. The van der Waals surface area contributed by atoms with Crippen LogP contribution in [0, 0.1) is 0 Å². The summed E-state index contributed by atoms with van der Waals surface area (Å²) in [6, 6.07) is 65.8. The molecule has 0 saturated carbocycles. The lowest BCUT2D eigenvalue weighted by molar-refractivity contribution is 1.02. The Morgan fingerprint density at radius 3 is 1.84 bits per heavy atom. The minimum Gasteiger partial charge on any atom is -0.308 e. The number of hydrogen-bond donors (Lipinski definition) is 0. The van der Waals surface area contributed by atoms with E-state index in [0.717, 1.165) is 49.5 Å². The summed E-state index contributed by atoms with van der Waals surface area (Å²) in [6.07, 6.45) is 0. The van der Waals surface area contributed by atoms with Crippen LogP contribution in [0.2, 0.25) is 0 Å². The standard InChI is InChI=1S/C52H30N4/c1-2-14-33(15-3-1)49-41-30-29-32-17-9-21-37(35-20-8-16-31-13-4-5-18-34(31)35)46(32)50(41)54-52(53-49)56-43-26-11-22-38-40-24-10-23-39-36-19-6-7-25-42(36)55(51(39)40)44-27-12-28-45(56)48(44)47(38)43/h1-30H. The molecule has 4 aromatic heterocycles. The SMILES string of the molecule is c1ccc(-c2nc(-n3c4cccc5c6cccc7c8ccccc8n(c8cccc3c8c54)c67)nc3c2ccc2cccc(-c4cccc5ccccc45)c23)cc1. The second-order valence-electron chi connectivity index (χ2n) is 14.9. The molecule has 56 heavy (non-hydrogen) atoms. The van der Waals surface area contributed by atoms with Crippen molar-refractivity contribution in [2.24, 2.45) is 0 Å². The Morgan fingerprint density at radius 1 is 0.339 bits per heavy atom. The Hall–Kier alpha value is -7.56. The first kappa shape index (κ1) is 29.8. The Labute approximate surface area is 320 Å². The Morgan fingerprint density at radius 2 is 0.946 bits per heavy atom. The molecule has 0 bridgehead atoms. The molecule has 0 aliphatic rings. The minimum absolute atomic E-state index is 0.655. The van der Waals surface area contributed by atoms with E-state index < -0.39 is 0 Å². The summed E-state index contributed by atoms with van der Waals surface area (Å²) in [5.41, 5.74) is 11.1. The summed E-state index contributed by atoms with van der Waals surface area (Å²) in [5, 5.41) is 13.1. The molecule has 4 heteroatoms. The van der Waals surface area contributed by atoms with Crippen LogP contribution in [-0.4, -0.2) is 18.9 Å². The van der Waals surface area contributed by atoms with Gasteiger partial charge in [-0.25, -0.2) is 9.97 Å². The van der Waals surface area contributed by atoms with Crippen LogP contribution in [0.25, 0.3) is 121 Å².